The molecule has 0 aliphatic carbocycles. The van der Waals surface area contributed by atoms with Crippen molar-refractivity contribution in [1.29, 1.82) is 0 Å². The van der Waals surface area contributed by atoms with Crippen molar-refractivity contribution in [2.45, 2.75) is 39.7 Å². The third kappa shape index (κ3) is 5.56. The number of rotatable bonds is 7. The van der Waals surface area contributed by atoms with E-state index < -0.39 is 0 Å². The highest BCUT2D eigenvalue weighted by Crippen LogP contribution is 2.17. The molecule has 1 aromatic carbocycles. The van der Waals surface area contributed by atoms with Crippen LogP contribution in [-0.4, -0.2) is 18.6 Å². The van der Waals surface area contributed by atoms with E-state index in [1.54, 1.807) is 0 Å². The van der Waals surface area contributed by atoms with Gasteiger partial charge in [-0.25, -0.2) is 0 Å². The van der Waals surface area contributed by atoms with Gasteiger partial charge >= 0.3 is 0 Å². The van der Waals surface area contributed by atoms with E-state index in [2.05, 4.69) is 45.0 Å². The molecule has 0 aliphatic rings. The molecule has 96 valence electrons. The van der Waals surface area contributed by atoms with E-state index in [-0.39, 0.29) is 0 Å². The van der Waals surface area contributed by atoms with Crippen LogP contribution in [-0.2, 0) is 11.2 Å². The maximum Gasteiger partial charge on any atom is 0.0518 e. The smallest absolute Gasteiger partial charge is 0.0518 e. The summed E-state index contributed by atoms with van der Waals surface area (Å²) in [6, 6.07) is 8.53. The molecule has 1 atom stereocenters. The van der Waals surface area contributed by atoms with Gasteiger partial charge in [0, 0.05) is 12.5 Å². The predicted molar refractivity (Wildman–Crippen MR) is 74.8 cm³/mol. The third-order valence-electron chi connectivity index (χ3n) is 2.97. The van der Waals surface area contributed by atoms with Crippen LogP contribution in [0.15, 0.2) is 24.3 Å². The van der Waals surface area contributed by atoms with Gasteiger partial charge in [-0.3, -0.25) is 0 Å². The van der Waals surface area contributed by atoms with E-state index >= 15 is 0 Å². The van der Waals surface area contributed by atoms with Crippen molar-refractivity contribution < 1.29 is 4.74 Å². The third-order valence-corrected chi connectivity index (χ3v) is 3.40. The molecule has 0 fully saturated rings. The largest absolute Gasteiger partial charge is 0.379 e. The van der Waals surface area contributed by atoms with Crippen molar-refractivity contribution in [2.75, 3.05) is 12.5 Å². The molecule has 0 radical (unpaired) electrons. The molecule has 0 bridgehead atoms. The topological polar surface area (TPSA) is 9.23 Å². The van der Waals surface area contributed by atoms with Gasteiger partial charge in [0.05, 0.1) is 6.10 Å². The molecule has 0 heterocycles. The highest BCUT2D eigenvalue weighted by atomic mass is 35.5. The normalized spacial score (nSPS) is 13.0. The highest BCUT2D eigenvalue weighted by Gasteiger charge is 2.10. The molecule has 1 aromatic rings. The van der Waals surface area contributed by atoms with E-state index in [9.17, 15) is 0 Å². The standard InChI is InChI=1S/C15H23ClO/c1-12(2)17-9-8-14(11-16)10-15-7-5-4-6-13(15)3/h4-7,12,14H,8-11H2,1-3H3. The number of hydrogen-bond acceptors (Lipinski definition) is 1. The van der Waals surface area contributed by atoms with Gasteiger partial charge in [0.15, 0.2) is 0 Å². The van der Waals surface area contributed by atoms with E-state index in [0.29, 0.717) is 17.9 Å². The maximum atomic E-state index is 6.03. The Kier molecular flexibility index (Phi) is 6.61. The summed E-state index contributed by atoms with van der Waals surface area (Å²) in [6.45, 7) is 7.10. The van der Waals surface area contributed by atoms with Crippen LogP contribution in [0, 0.1) is 12.8 Å². The highest BCUT2D eigenvalue weighted by molar-refractivity contribution is 6.18. The molecule has 1 rings (SSSR count). The Morgan fingerprint density at radius 2 is 1.94 bits per heavy atom. The fourth-order valence-electron chi connectivity index (χ4n) is 1.85. The zero-order chi connectivity index (χ0) is 12.7. The molecular weight excluding hydrogens is 232 g/mol. The molecule has 0 N–H and O–H groups in total. The Balaban J connectivity index is 2.44. The van der Waals surface area contributed by atoms with Gasteiger partial charge < -0.3 is 4.74 Å². The Bertz CT molecular complexity index is 322. The van der Waals surface area contributed by atoms with Crippen molar-refractivity contribution in [3.63, 3.8) is 0 Å². The quantitative estimate of drug-likeness (QED) is 0.663. The first-order valence-electron chi connectivity index (χ1n) is 6.35. The van der Waals surface area contributed by atoms with Crippen LogP contribution in [0.3, 0.4) is 0 Å². The average molecular weight is 255 g/mol. The fraction of sp³-hybridized carbons (Fsp3) is 0.600. The van der Waals surface area contributed by atoms with Gasteiger partial charge in [-0.15, -0.1) is 11.6 Å². The maximum absolute atomic E-state index is 6.03. The molecular formula is C15H23ClO. The van der Waals surface area contributed by atoms with E-state index in [4.69, 9.17) is 16.3 Å². The van der Waals surface area contributed by atoms with Crippen molar-refractivity contribution in [3.8, 4) is 0 Å². The Morgan fingerprint density at radius 3 is 2.53 bits per heavy atom. The second-order valence-electron chi connectivity index (χ2n) is 4.86. The second-order valence-corrected chi connectivity index (χ2v) is 5.17. The average Bonchev–Trinajstić information content (AvgIpc) is 2.30. The number of aryl methyl sites for hydroxylation is 1. The van der Waals surface area contributed by atoms with Gasteiger partial charge in [0.2, 0.25) is 0 Å². The van der Waals surface area contributed by atoms with Gasteiger partial charge in [0.1, 0.15) is 0 Å². The summed E-state index contributed by atoms with van der Waals surface area (Å²) in [6.07, 6.45) is 2.40. The first kappa shape index (κ1) is 14.5. The Hall–Kier alpha value is -0.530. The molecule has 0 saturated carbocycles. The van der Waals surface area contributed by atoms with Crippen LogP contribution >= 0.6 is 11.6 Å². The number of alkyl halides is 1. The van der Waals surface area contributed by atoms with Crippen LogP contribution in [0.5, 0.6) is 0 Å². The molecule has 0 saturated heterocycles. The summed E-state index contributed by atoms with van der Waals surface area (Å²) in [5.74, 6) is 1.21. The van der Waals surface area contributed by atoms with Gasteiger partial charge in [-0.2, -0.15) is 0 Å². The fourth-order valence-corrected chi connectivity index (χ4v) is 2.12. The van der Waals surface area contributed by atoms with Crippen molar-refractivity contribution in [3.05, 3.63) is 35.4 Å². The SMILES string of the molecule is Cc1ccccc1CC(CCl)CCOC(C)C. The zero-order valence-electron chi connectivity index (χ0n) is 11.1. The van der Waals surface area contributed by atoms with Crippen LogP contribution in [0.25, 0.3) is 0 Å². The van der Waals surface area contributed by atoms with Crippen LogP contribution in [0.1, 0.15) is 31.4 Å². The van der Waals surface area contributed by atoms with Gasteiger partial charge in [-0.05, 0) is 50.7 Å². The summed E-state index contributed by atoms with van der Waals surface area (Å²) in [4.78, 5) is 0. The molecule has 0 spiro atoms. The molecule has 1 unspecified atom stereocenters. The summed E-state index contributed by atoms with van der Waals surface area (Å²) >= 11 is 6.03. The predicted octanol–water partition coefficient (Wildman–Crippen LogP) is 4.21. The summed E-state index contributed by atoms with van der Waals surface area (Å²) in [5.41, 5.74) is 2.76. The summed E-state index contributed by atoms with van der Waals surface area (Å²) in [5, 5.41) is 0. The minimum Gasteiger partial charge on any atom is -0.379 e. The molecule has 0 aromatic heterocycles. The van der Waals surface area contributed by atoms with E-state index in [1.807, 2.05) is 0 Å². The number of hydrogen-bond donors (Lipinski definition) is 0. The molecule has 17 heavy (non-hydrogen) atoms. The van der Waals surface area contributed by atoms with Crippen molar-refractivity contribution in [1.82, 2.24) is 0 Å². The van der Waals surface area contributed by atoms with Crippen LogP contribution < -0.4 is 0 Å². The zero-order valence-corrected chi connectivity index (χ0v) is 11.8. The van der Waals surface area contributed by atoms with Crippen LogP contribution in [0.2, 0.25) is 0 Å². The lowest BCUT2D eigenvalue weighted by molar-refractivity contribution is 0.0700. The monoisotopic (exact) mass is 254 g/mol. The van der Waals surface area contributed by atoms with Gasteiger partial charge in [-0.1, -0.05) is 24.3 Å². The molecule has 0 aliphatic heterocycles. The minimum atomic E-state index is 0.310. The summed E-state index contributed by atoms with van der Waals surface area (Å²) in [7, 11) is 0. The lowest BCUT2D eigenvalue weighted by Crippen LogP contribution is -2.13. The van der Waals surface area contributed by atoms with Crippen LogP contribution in [0.4, 0.5) is 0 Å². The van der Waals surface area contributed by atoms with Crippen molar-refractivity contribution in [2.24, 2.45) is 5.92 Å². The number of halogens is 1. The molecule has 1 nitrogen and oxygen atoms in total. The number of ether oxygens (including phenoxy) is 1. The Morgan fingerprint density at radius 1 is 1.24 bits per heavy atom. The first-order chi connectivity index (χ1) is 8.13. The first-order valence-corrected chi connectivity index (χ1v) is 6.89. The summed E-state index contributed by atoms with van der Waals surface area (Å²) < 4.78 is 5.58. The molecule has 2 heteroatoms. The Labute approximate surface area is 110 Å². The lowest BCUT2D eigenvalue weighted by Gasteiger charge is -2.16. The minimum absolute atomic E-state index is 0.310. The van der Waals surface area contributed by atoms with E-state index in [1.165, 1.54) is 11.1 Å². The molecule has 0 amide bonds. The second kappa shape index (κ2) is 7.73. The lowest BCUT2D eigenvalue weighted by atomic mass is 9.95. The van der Waals surface area contributed by atoms with Crippen molar-refractivity contribution >= 4 is 11.6 Å². The van der Waals surface area contributed by atoms with E-state index in [0.717, 1.165) is 19.4 Å². The number of benzene rings is 1. The van der Waals surface area contributed by atoms with Gasteiger partial charge in [0.25, 0.3) is 0 Å².